The highest BCUT2D eigenvalue weighted by Gasteiger charge is 2.79. The lowest BCUT2D eigenvalue weighted by atomic mass is 10.2. The van der Waals surface area contributed by atoms with Gasteiger partial charge in [-0.2, -0.15) is 35.1 Å². The van der Waals surface area contributed by atoms with Crippen molar-refractivity contribution in [1.82, 2.24) is 0 Å². The van der Waals surface area contributed by atoms with Gasteiger partial charge in [-0.25, -0.2) is 0 Å². The van der Waals surface area contributed by atoms with Gasteiger partial charge in [-0.05, 0) is 0 Å². The molecule has 0 amide bonds. The van der Waals surface area contributed by atoms with Crippen LogP contribution in [-0.2, 0) is 0 Å². The summed E-state index contributed by atoms with van der Waals surface area (Å²) in [6.45, 7) is 0. The quantitative estimate of drug-likeness (QED) is 0.339. The topological polar surface area (TPSA) is 0 Å². The predicted octanol–water partition coefficient (Wildman–Crippen LogP) is 4.31. The van der Waals surface area contributed by atoms with Gasteiger partial charge in [-0.15, -0.1) is 0 Å². The van der Waals surface area contributed by atoms with Crippen molar-refractivity contribution in [2.75, 3.05) is 0 Å². The fourth-order valence-corrected chi connectivity index (χ4v) is 1.03. The van der Waals surface area contributed by atoms with Gasteiger partial charge in [0.15, 0.2) is 0 Å². The lowest BCUT2D eigenvalue weighted by Gasteiger charge is -2.31. The minimum Gasteiger partial charge on any atom is -0.191 e. The molecule has 0 aliphatic heterocycles. The molecule has 0 bridgehead atoms. The Kier molecular flexibility index (Phi) is 3.97. The molecule has 0 fully saturated rings. The van der Waals surface area contributed by atoms with Crippen molar-refractivity contribution in [3.63, 3.8) is 0 Å². The van der Waals surface area contributed by atoms with Gasteiger partial charge in [-0.3, -0.25) is 0 Å². The molecular formula is C4F8I2. The van der Waals surface area contributed by atoms with E-state index in [4.69, 9.17) is 0 Å². The first-order chi connectivity index (χ1) is 5.75. The molecule has 14 heavy (non-hydrogen) atoms. The molecule has 0 aromatic heterocycles. The molecule has 0 saturated heterocycles. The van der Waals surface area contributed by atoms with E-state index in [9.17, 15) is 35.1 Å². The van der Waals surface area contributed by atoms with E-state index in [1.807, 2.05) is 0 Å². The molecule has 0 aliphatic carbocycles. The van der Waals surface area contributed by atoms with E-state index < -0.39 is 19.7 Å². The van der Waals surface area contributed by atoms with Crippen molar-refractivity contribution < 1.29 is 35.1 Å². The summed E-state index contributed by atoms with van der Waals surface area (Å²) in [6.07, 6.45) is 0. The molecule has 0 spiro atoms. The van der Waals surface area contributed by atoms with Crippen LogP contribution in [0.25, 0.3) is 0 Å². The maximum absolute atomic E-state index is 12.2. The molecular weight excluding hydrogens is 454 g/mol. The fraction of sp³-hybridized carbons (Fsp3) is 1.00. The smallest absolute Gasteiger partial charge is 0.191 e. The molecule has 0 nitrogen and oxygen atoms in total. The largest absolute Gasteiger partial charge is 0.388 e. The van der Waals surface area contributed by atoms with Crippen LogP contribution in [0.15, 0.2) is 0 Å². The summed E-state index contributed by atoms with van der Waals surface area (Å²) in [7, 11) is 0. The lowest BCUT2D eigenvalue weighted by Crippen LogP contribution is -2.58. The SMILES string of the molecule is FC(F)(I)C(F)(F)C(F)(F)C(F)(F)I. The Morgan fingerprint density at radius 3 is 0.714 bits per heavy atom. The van der Waals surface area contributed by atoms with Gasteiger partial charge in [0.1, 0.15) is 0 Å². The van der Waals surface area contributed by atoms with Crippen molar-refractivity contribution >= 4 is 45.2 Å². The van der Waals surface area contributed by atoms with Crippen LogP contribution in [0.1, 0.15) is 0 Å². The normalized spacial score (nSPS) is 15.9. The van der Waals surface area contributed by atoms with Crippen LogP contribution in [0.4, 0.5) is 35.1 Å². The highest BCUT2D eigenvalue weighted by atomic mass is 127. The van der Waals surface area contributed by atoms with E-state index in [0.29, 0.717) is 0 Å². The molecule has 0 aromatic rings. The zero-order valence-corrected chi connectivity index (χ0v) is 10.1. The van der Waals surface area contributed by atoms with Crippen LogP contribution in [0, 0.1) is 0 Å². The summed E-state index contributed by atoms with van der Waals surface area (Å²) in [6, 6.07) is 0. The summed E-state index contributed by atoms with van der Waals surface area (Å²) in [5.41, 5.74) is 0. The van der Waals surface area contributed by atoms with Gasteiger partial charge in [-0.1, -0.05) is 0 Å². The number of halogens is 10. The van der Waals surface area contributed by atoms with Crippen LogP contribution in [0.2, 0.25) is 0 Å². The summed E-state index contributed by atoms with van der Waals surface area (Å²) >= 11 is -0.631. The minimum atomic E-state index is -6.12. The molecule has 10 heteroatoms. The molecule has 0 atom stereocenters. The molecule has 86 valence electrons. The standard InChI is InChI=1S/C4F8I2/c5-1(6,3(9,10)13)2(7,8)4(11,12)14. The van der Waals surface area contributed by atoms with Gasteiger partial charge in [0.2, 0.25) is 0 Å². The Balaban J connectivity index is 5.30. The third kappa shape index (κ3) is 2.35. The molecule has 0 N–H and O–H groups in total. The molecule has 0 unspecified atom stereocenters. The van der Waals surface area contributed by atoms with Crippen molar-refractivity contribution in [2.24, 2.45) is 0 Å². The maximum Gasteiger partial charge on any atom is 0.388 e. The fourth-order valence-electron chi connectivity index (χ4n) is 0.356. The highest BCUT2D eigenvalue weighted by molar-refractivity contribution is 14.1. The van der Waals surface area contributed by atoms with E-state index in [1.165, 1.54) is 0 Å². The number of alkyl halides is 10. The van der Waals surface area contributed by atoms with E-state index >= 15 is 0 Å². The van der Waals surface area contributed by atoms with Crippen molar-refractivity contribution in [3.8, 4) is 0 Å². The molecule has 0 radical (unpaired) electrons. The molecule has 0 saturated carbocycles. The van der Waals surface area contributed by atoms with Gasteiger partial charge in [0.05, 0.1) is 0 Å². The Morgan fingerprint density at radius 2 is 0.643 bits per heavy atom. The zero-order valence-electron chi connectivity index (χ0n) is 5.78. The third-order valence-electron chi connectivity index (χ3n) is 1.11. The molecule has 0 aromatic carbocycles. The Bertz CT molecular complexity index is 188. The summed E-state index contributed by atoms with van der Waals surface area (Å²) in [4.78, 5) is 0. The van der Waals surface area contributed by atoms with Crippen LogP contribution in [0.5, 0.6) is 0 Å². The van der Waals surface area contributed by atoms with Gasteiger partial charge >= 0.3 is 19.7 Å². The second kappa shape index (κ2) is 3.73. The zero-order chi connectivity index (χ0) is 12.0. The van der Waals surface area contributed by atoms with E-state index in [-0.39, 0.29) is 45.2 Å². The van der Waals surface area contributed by atoms with Crippen molar-refractivity contribution in [3.05, 3.63) is 0 Å². The Morgan fingerprint density at radius 1 is 0.500 bits per heavy atom. The molecule has 0 rings (SSSR count). The van der Waals surface area contributed by atoms with Crippen molar-refractivity contribution in [1.29, 1.82) is 0 Å². The Hall–Kier alpha value is 0.900. The molecule has 0 aliphatic rings. The summed E-state index contributed by atoms with van der Waals surface area (Å²) in [5, 5.41) is 0. The number of hydrogen-bond donors (Lipinski definition) is 0. The first-order valence-electron chi connectivity index (χ1n) is 2.64. The molecule has 0 heterocycles. The number of rotatable bonds is 3. The van der Waals surface area contributed by atoms with E-state index in [2.05, 4.69) is 0 Å². The van der Waals surface area contributed by atoms with E-state index in [0.717, 1.165) is 0 Å². The maximum atomic E-state index is 12.2. The first-order valence-corrected chi connectivity index (χ1v) is 4.80. The lowest BCUT2D eigenvalue weighted by molar-refractivity contribution is -0.312. The second-order valence-corrected chi connectivity index (χ2v) is 4.85. The van der Waals surface area contributed by atoms with Crippen LogP contribution in [-0.4, -0.2) is 19.7 Å². The second-order valence-electron chi connectivity index (χ2n) is 2.14. The van der Waals surface area contributed by atoms with Gasteiger partial charge < -0.3 is 0 Å². The van der Waals surface area contributed by atoms with Gasteiger partial charge in [0.25, 0.3) is 0 Å². The Labute approximate surface area is 99.7 Å². The van der Waals surface area contributed by atoms with Crippen LogP contribution >= 0.6 is 45.2 Å². The van der Waals surface area contributed by atoms with Crippen molar-refractivity contribution in [2.45, 2.75) is 19.7 Å². The summed E-state index contributed by atoms with van der Waals surface area (Å²) in [5.74, 6) is -12.2. The van der Waals surface area contributed by atoms with Gasteiger partial charge in [0, 0.05) is 45.2 Å². The average Bonchev–Trinajstić information content (AvgIpc) is 1.81. The van der Waals surface area contributed by atoms with Crippen LogP contribution in [0.3, 0.4) is 0 Å². The monoisotopic (exact) mass is 454 g/mol. The minimum absolute atomic E-state index is 0.315. The van der Waals surface area contributed by atoms with Crippen LogP contribution < -0.4 is 0 Å². The summed E-state index contributed by atoms with van der Waals surface area (Å²) < 4.78 is 86.1. The average molecular weight is 454 g/mol. The van der Waals surface area contributed by atoms with E-state index in [1.54, 1.807) is 0 Å². The number of hydrogen-bond acceptors (Lipinski definition) is 0. The third-order valence-corrected chi connectivity index (χ3v) is 2.46. The first kappa shape index (κ1) is 14.9. The predicted molar refractivity (Wildman–Crippen MR) is 47.8 cm³/mol. The highest BCUT2D eigenvalue weighted by Crippen LogP contribution is 2.56.